The second-order valence-electron chi connectivity index (χ2n) is 3.92. The first-order valence-electron chi connectivity index (χ1n) is 5.88. The molecule has 0 aliphatic heterocycles. The van der Waals surface area contributed by atoms with Crippen LogP contribution in [-0.4, -0.2) is 9.96 Å². The third-order valence-corrected chi connectivity index (χ3v) is 3.93. The highest BCUT2D eigenvalue weighted by atomic mass is 32.2. The Kier molecular flexibility index (Phi) is 6.31. The molecule has 0 amide bonds. The molecule has 0 bridgehead atoms. The lowest BCUT2D eigenvalue weighted by Gasteiger charge is -2.02. The molecule has 0 aliphatic carbocycles. The van der Waals surface area contributed by atoms with Crippen LogP contribution in [0.15, 0.2) is 29.2 Å². The van der Waals surface area contributed by atoms with E-state index < -0.39 is 10.8 Å². The summed E-state index contributed by atoms with van der Waals surface area (Å²) < 4.78 is 24.7. The summed E-state index contributed by atoms with van der Waals surface area (Å²) in [6.45, 7) is 2.17. The molecule has 0 fully saturated rings. The quantitative estimate of drug-likeness (QED) is 0.663. The van der Waals surface area contributed by atoms with Crippen LogP contribution in [0.2, 0.25) is 0 Å². The van der Waals surface area contributed by atoms with Crippen LogP contribution in [0, 0.1) is 5.82 Å². The van der Waals surface area contributed by atoms with Crippen LogP contribution in [0.1, 0.15) is 39.0 Å². The summed E-state index contributed by atoms with van der Waals surface area (Å²) in [6.07, 6.45) is 5.74. The van der Waals surface area contributed by atoms with Crippen molar-refractivity contribution in [3.63, 3.8) is 0 Å². The van der Waals surface area contributed by atoms with E-state index in [2.05, 4.69) is 6.92 Å². The van der Waals surface area contributed by atoms with E-state index >= 15 is 0 Å². The number of rotatable bonds is 7. The fourth-order valence-corrected chi connectivity index (χ4v) is 2.74. The van der Waals surface area contributed by atoms with Crippen LogP contribution in [0.3, 0.4) is 0 Å². The molecule has 0 heterocycles. The second-order valence-corrected chi connectivity index (χ2v) is 5.49. The highest BCUT2D eigenvalue weighted by Gasteiger charge is 2.04. The van der Waals surface area contributed by atoms with Gasteiger partial charge >= 0.3 is 0 Å². The summed E-state index contributed by atoms with van der Waals surface area (Å²) in [6, 6.07) is 6.08. The Morgan fingerprint density at radius 1 is 1.19 bits per heavy atom. The van der Waals surface area contributed by atoms with Crippen molar-refractivity contribution in [1.82, 2.24) is 0 Å². The zero-order valence-electron chi connectivity index (χ0n) is 9.75. The smallest absolute Gasteiger partial charge is 0.124 e. The van der Waals surface area contributed by atoms with Crippen LogP contribution in [-0.2, 0) is 10.8 Å². The molecule has 0 spiro atoms. The van der Waals surface area contributed by atoms with E-state index in [0.29, 0.717) is 10.6 Å². The number of hydrogen-bond donors (Lipinski definition) is 0. The van der Waals surface area contributed by atoms with Gasteiger partial charge in [0.1, 0.15) is 5.82 Å². The first-order valence-corrected chi connectivity index (χ1v) is 7.20. The number of hydrogen-bond acceptors (Lipinski definition) is 1. The zero-order valence-corrected chi connectivity index (χ0v) is 10.6. The Balaban J connectivity index is 2.30. The topological polar surface area (TPSA) is 17.1 Å². The summed E-state index contributed by atoms with van der Waals surface area (Å²) in [5, 5.41) is 0. The van der Waals surface area contributed by atoms with E-state index in [0.717, 1.165) is 12.8 Å². The monoisotopic (exact) mass is 242 g/mol. The Hall–Kier alpha value is -0.700. The van der Waals surface area contributed by atoms with Crippen LogP contribution in [0.4, 0.5) is 4.39 Å². The maximum atomic E-state index is 12.9. The summed E-state index contributed by atoms with van der Waals surface area (Å²) >= 11 is 0. The molecule has 1 rings (SSSR count). The van der Waals surface area contributed by atoms with Gasteiger partial charge in [-0.15, -0.1) is 0 Å². The number of unbranched alkanes of at least 4 members (excludes halogenated alkanes) is 4. The lowest BCUT2D eigenvalue weighted by atomic mass is 10.2. The molecule has 90 valence electrons. The van der Waals surface area contributed by atoms with Crippen LogP contribution >= 0.6 is 0 Å². The lowest BCUT2D eigenvalue weighted by Crippen LogP contribution is -1.98. The van der Waals surface area contributed by atoms with Gasteiger partial charge in [-0.3, -0.25) is 4.21 Å². The SMILES string of the molecule is CCCCCCCS(=O)c1cccc(F)c1. The predicted molar refractivity (Wildman–Crippen MR) is 66.4 cm³/mol. The first kappa shape index (κ1) is 13.4. The molecule has 3 heteroatoms. The van der Waals surface area contributed by atoms with E-state index in [4.69, 9.17) is 0 Å². The van der Waals surface area contributed by atoms with Gasteiger partial charge in [0.2, 0.25) is 0 Å². The average Bonchev–Trinajstić information content (AvgIpc) is 2.28. The predicted octanol–water partition coefficient (Wildman–Crippen LogP) is 3.90. The van der Waals surface area contributed by atoms with E-state index in [9.17, 15) is 8.60 Å². The molecular formula is C13H19FOS. The summed E-state index contributed by atoms with van der Waals surface area (Å²) in [5.74, 6) is 0.338. The molecule has 16 heavy (non-hydrogen) atoms. The maximum absolute atomic E-state index is 12.9. The van der Waals surface area contributed by atoms with Gasteiger partial charge in [0.05, 0.1) is 10.8 Å². The van der Waals surface area contributed by atoms with Gasteiger partial charge in [-0.2, -0.15) is 0 Å². The molecule has 1 nitrogen and oxygen atoms in total. The largest absolute Gasteiger partial charge is 0.254 e. The number of benzene rings is 1. The van der Waals surface area contributed by atoms with Crippen LogP contribution in [0.25, 0.3) is 0 Å². The van der Waals surface area contributed by atoms with Crippen molar-refractivity contribution >= 4 is 10.8 Å². The maximum Gasteiger partial charge on any atom is 0.124 e. The van der Waals surface area contributed by atoms with Crippen molar-refractivity contribution < 1.29 is 8.60 Å². The van der Waals surface area contributed by atoms with Crippen LogP contribution < -0.4 is 0 Å². The molecule has 0 saturated heterocycles. The van der Waals surface area contributed by atoms with Gasteiger partial charge in [-0.1, -0.05) is 38.7 Å². The molecule has 0 aromatic heterocycles. The summed E-state index contributed by atoms with van der Waals surface area (Å²) in [4.78, 5) is 0.607. The molecule has 0 radical (unpaired) electrons. The van der Waals surface area contributed by atoms with Crippen molar-refractivity contribution in [2.24, 2.45) is 0 Å². The molecule has 1 aromatic rings. The van der Waals surface area contributed by atoms with Crippen molar-refractivity contribution in [1.29, 1.82) is 0 Å². The van der Waals surface area contributed by atoms with Gasteiger partial charge < -0.3 is 0 Å². The zero-order chi connectivity index (χ0) is 11.8. The van der Waals surface area contributed by atoms with E-state index in [1.165, 1.54) is 31.4 Å². The van der Waals surface area contributed by atoms with Crippen LogP contribution in [0.5, 0.6) is 0 Å². The minimum Gasteiger partial charge on any atom is -0.254 e. The van der Waals surface area contributed by atoms with E-state index in [1.54, 1.807) is 12.1 Å². The molecule has 1 aromatic carbocycles. The fraction of sp³-hybridized carbons (Fsp3) is 0.538. The van der Waals surface area contributed by atoms with Crippen molar-refractivity contribution in [3.05, 3.63) is 30.1 Å². The standard InChI is InChI=1S/C13H19FOS/c1-2-3-4-5-6-10-16(15)13-9-7-8-12(14)11-13/h7-9,11H,2-6,10H2,1H3. The summed E-state index contributed by atoms with van der Waals surface area (Å²) in [5.41, 5.74) is 0. The van der Waals surface area contributed by atoms with Gasteiger partial charge in [-0.05, 0) is 24.6 Å². The normalized spacial score (nSPS) is 12.6. The summed E-state index contributed by atoms with van der Waals surface area (Å²) in [7, 11) is -1.04. The molecule has 1 unspecified atom stereocenters. The first-order chi connectivity index (χ1) is 7.74. The Bertz CT molecular complexity index is 338. The van der Waals surface area contributed by atoms with E-state index in [-0.39, 0.29) is 5.82 Å². The number of halogens is 1. The third kappa shape index (κ3) is 4.88. The second kappa shape index (κ2) is 7.55. The Morgan fingerprint density at radius 2 is 1.94 bits per heavy atom. The molecule has 0 aliphatic rings. The molecule has 0 N–H and O–H groups in total. The Labute approximate surface area is 99.5 Å². The highest BCUT2D eigenvalue weighted by Crippen LogP contribution is 2.11. The van der Waals surface area contributed by atoms with Crippen molar-refractivity contribution in [2.45, 2.75) is 43.9 Å². The minimum absolute atomic E-state index is 0.308. The minimum atomic E-state index is -1.04. The highest BCUT2D eigenvalue weighted by molar-refractivity contribution is 7.85. The van der Waals surface area contributed by atoms with Gasteiger partial charge in [-0.25, -0.2) is 4.39 Å². The van der Waals surface area contributed by atoms with Gasteiger partial charge in [0.15, 0.2) is 0 Å². The van der Waals surface area contributed by atoms with Crippen molar-refractivity contribution in [2.75, 3.05) is 5.75 Å². The third-order valence-electron chi connectivity index (χ3n) is 2.49. The van der Waals surface area contributed by atoms with E-state index in [1.807, 2.05) is 0 Å². The fourth-order valence-electron chi connectivity index (χ4n) is 1.56. The lowest BCUT2D eigenvalue weighted by molar-refractivity contribution is 0.621. The average molecular weight is 242 g/mol. The van der Waals surface area contributed by atoms with Crippen molar-refractivity contribution in [3.8, 4) is 0 Å². The Morgan fingerprint density at radius 3 is 2.62 bits per heavy atom. The molecule has 0 saturated carbocycles. The van der Waals surface area contributed by atoms with Gasteiger partial charge in [0.25, 0.3) is 0 Å². The molecule has 1 atom stereocenters. The molecular weight excluding hydrogens is 223 g/mol. The van der Waals surface area contributed by atoms with Gasteiger partial charge in [0, 0.05) is 10.6 Å².